The summed E-state index contributed by atoms with van der Waals surface area (Å²) in [7, 11) is 0. The number of nitrogens with one attached hydrogen (secondary N) is 8. The monoisotopic (exact) mass is 1220 g/mol. The number of carbonyl (C=O) groups is 12. The molecule has 0 rings (SSSR count). The Labute approximate surface area is 494 Å². The van der Waals surface area contributed by atoms with Gasteiger partial charge in [0, 0.05) is 117 Å². The lowest BCUT2D eigenvalue weighted by Crippen LogP contribution is -2.43. The van der Waals surface area contributed by atoms with Crippen LogP contribution in [0, 0.1) is 0 Å². The van der Waals surface area contributed by atoms with Gasteiger partial charge in [0.1, 0.15) is 13.2 Å². The second-order valence-corrected chi connectivity index (χ2v) is 18.9. The van der Waals surface area contributed by atoms with Crippen molar-refractivity contribution in [3.05, 3.63) is 0 Å². The number of aliphatic carboxylic acids is 2. The van der Waals surface area contributed by atoms with E-state index in [9.17, 15) is 57.5 Å². The highest BCUT2D eigenvalue weighted by atomic mass is 17.5. The van der Waals surface area contributed by atoms with Crippen molar-refractivity contribution in [1.82, 2.24) is 52.3 Å². The van der Waals surface area contributed by atoms with E-state index >= 15 is 0 Å². The summed E-state index contributed by atoms with van der Waals surface area (Å²) in [5.41, 5.74) is 0. The molecular formula is C52H92N10O23. The van der Waals surface area contributed by atoms with Crippen LogP contribution in [-0.4, -0.2) is 220 Å². The maximum atomic E-state index is 13.2. The van der Waals surface area contributed by atoms with Crippen LogP contribution >= 0.6 is 0 Å². The first kappa shape index (κ1) is 78.0. The number of ether oxygens (including phenoxy) is 3. The van der Waals surface area contributed by atoms with Gasteiger partial charge in [-0.05, 0) is 51.4 Å². The first-order valence-electron chi connectivity index (χ1n) is 28.8. The Morgan fingerprint density at radius 3 is 0.812 bits per heavy atom. The van der Waals surface area contributed by atoms with E-state index in [2.05, 4.69) is 62.4 Å². The summed E-state index contributed by atoms with van der Waals surface area (Å²) in [6.07, 6.45) is 5.51. The van der Waals surface area contributed by atoms with Gasteiger partial charge in [0.05, 0.1) is 52.1 Å². The minimum absolute atomic E-state index is 0.00343. The Hall–Kier alpha value is -7.04. The molecule has 0 fully saturated rings. The van der Waals surface area contributed by atoms with Crippen LogP contribution < -0.4 is 42.5 Å². The van der Waals surface area contributed by atoms with Crippen molar-refractivity contribution >= 4 is 71.4 Å². The molecular weight excluding hydrogens is 1130 g/mol. The van der Waals surface area contributed by atoms with Crippen LogP contribution in [-0.2, 0) is 82.0 Å². The van der Waals surface area contributed by atoms with Gasteiger partial charge in [-0.25, -0.2) is 29.9 Å². The average Bonchev–Trinajstić information content (AvgIpc) is 3.47. The summed E-state index contributed by atoms with van der Waals surface area (Å²) >= 11 is 0. The van der Waals surface area contributed by atoms with Crippen LogP contribution in [0.25, 0.3) is 0 Å². The summed E-state index contributed by atoms with van der Waals surface area (Å²) < 4.78 is 16.4. The lowest BCUT2D eigenvalue weighted by Gasteiger charge is -2.23. The smallest absolute Gasteiger partial charge is 0.409 e. The Balaban J connectivity index is 5.17. The molecule has 0 aromatic rings. The minimum Gasteiger partial charge on any atom is -0.481 e. The predicted octanol–water partition coefficient (Wildman–Crippen LogP) is 0.404. The van der Waals surface area contributed by atoms with Crippen LogP contribution in [0.1, 0.15) is 141 Å². The van der Waals surface area contributed by atoms with Crippen molar-refractivity contribution in [1.29, 1.82) is 0 Å². The lowest BCUT2D eigenvalue weighted by molar-refractivity contribution is -0.490. The van der Waals surface area contributed by atoms with E-state index in [1.54, 1.807) is 0 Å². The molecule has 33 heteroatoms. The number of carboxylic acids is 2. The third-order valence-corrected chi connectivity index (χ3v) is 11.9. The molecule has 12 N–H and O–H groups in total. The summed E-state index contributed by atoms with van der Waals surface area (Å²) in [6.45, 7) is 0.990. The predicted molar refractivity (Wildman–Crippen MR) is 297 cm³/mol. The van der Waals surface area contributed by atoms with Gasteiger partial charge in [0.15, 0.2) is 0 Å². The van der Waals surface area contributed by atoms with E-state index in [1.807, 2.05) is 0 Å². The number of carbonyl (C=O) groups excluding carboxylic acids is 10. The van der Waals surface area contributed by atoms with Crippen molar-refractivity contribution < 1.29 is 112 Å². The van der Waals surface area contributed by atoms with E-state index in [-0.39, 0.29) is 203 Å². The maximum absolute atomic E-state index is 13.2. The van der Waals surface area contributed by atoms with Crippen molar-refractivity contribution in [2.75, 3.05) is 118 Å². The number of rotatable bonds is 56. The van der Waals surface area contributed by atoms with Gasteiger partial charge < -0.3 is 76.8 Å². The van der Waals surface area contributed by atoms with Crippen molar-refractivity contribution in [3.63, 3.8) is 0 Å². The van der Waals surface area contributed by atoms with Gasteiger partial charge in [-0.3, -0.25) is 47.9 Å². The summed E-state index contributed by atoms with van der Waals surface area (Å²) in [4.78, 5) is 156. The van der Waals surface area contributed by atoms with Crippen LogP contribution in [0.5, 0.6) is 0 Å². The van der Waals surface area contributed by atoms with Gasteiger partial charge in [-0.2, -0.15) is 0 Å². The molecule has 33 nitrogen and oxygen atoms in total. The fourth-order valence-electron chi connectivity index (χ4n) is 7.32. The zero-order valence-electron chi connectivity index (χ0n) is 48.7. The Kier molecular flexibility index (Phi) is 50.3. The van der Waals surface area contributed by atoms with Crippen molar-refractivity contribution in [2.24, 2.45) is 0 Å². The molecule has 0 bridgehead atoms. The molecule has 0 aromatic carbocycles. The van der Waals surface area contributed by atoms with Gasteiger partial charge in [0.2, 0.25) is 47.3 Å². The quantitative estimate of drug-likeness (QED) is 0.0223. The molecule has 10 amide bonds. The first-order chi connectivity index (χ1) is 41.0. The highest BCUT2D eigenvalue weighted by Gasteiger charge is 2.18. The van der Waals surface area contributed by atoms with Gasteiger partial charge in [-0.15, -0.1) is 0 Å². The van der Waals surface area contributed by atoms with Gasteiger partial charge >= 0.3 is 24.1 Å². The number of carboxylic acid groups (broad SMARTS) is 2. The highest BCUT2D eigenvalue weighted by Crippen LogP contribution is 2.05. The topological polar surface area (TPSA) is 453 Å². The van der Waals surface area contributed by atoms with E-state index in [1.165, 1.54) is 9.80 Å². The Bertz CT molecular complexity index is 1830. The van der Waals surface area contributed by atoms with Gasteiger partial charge in [-0.1, -0.05) is 35.8 Å². The number of nitrogens with zero attached hydrogens (tertiary/aromatic N) is 2. The van der Waals surface area contributed by atoms with Crippen molar-refractivity contribution in [3.8, 4) is 0 Å². The third kappa shape index (κ3) is 52.3. The largest absolute Gasteiger partial charge is 0.481 e. The van der Waals surface area contributed by atoms with Crippen LogP contribution in [0.3, 0.4) is 0 Å². The van der Waals surface area contributed by atoms with E-state index in [4.69, 9.17) is 34.9 Å². The zero-order valence-corrected chi connectivity index (χ0v) is 48.7. The number of hydrogen-bond donors (Lipinski definition) is 12. The number of unbranched alkanes of at least 4 members (excludes halogenated alkanes) is 8. The van der Waals surface area contributed by atoms with Crippen LogP contribution in [0.15, 0.2) is 0 Å². The molecule has 0 saturated carbocycles. The fraction of sp³-hybridized carbons (Fsp3) is 0.769. The summed E-state index contributed by atoms with van der Waals surface area (Å²) in [5.74, 6) is -4.52. The molecule has 0 aliphatic carbocycles. The van der Waals surface area contributed by atoms with E-state index in [0.717, 1.165) is 0 Å². The molecule has 85 heavy (non-hydrogen) atoms. The van der Waals surface area contributed by atoms with Gasteiger partial charge in [0.25, 0.3) is 0 Å². The molecule has 0 unspecified atom stereocenters. The highest BCUT2D eigenvalue weighted by molar-refractivity contribution is 5.81. The SMILES string of the molecule is O=C(O)CCC(=O)NCCCCCC(=O)NCCN(CCNC(=O)CCCCCNC(=O)CCC(=O)O)C(=O)OCCOCCOC(=O)N(CCNC(=O)CCCCCNC(=O)CCOOO)CCNC(=O)CCCCCNC(=O)CCOOO. The number of amides is 10. The first-order valence-corrected chi connectivity index (χ1v) is 28.8. The standard InChI is InChI=1S/C52H92N10O23/c63-41(13-5-1-9-23-53-45(67)17-19-49(71)72)57-27-31-61(32-28-58-42(64)14-6-2-10-24-54-46(68)18-20-50(73)74)51(75)80-39-37-79-38-40-81-52(76)62(33-29-59-43(65)15-7-3-11-25-55-47(69)21-35-82-84-77)34-30-60-44(66)16-8-4-12-26-56-48(70)22-36-83-85-78/h77-78H,1-40H2,(H,53,67)(H,54,68)(H,55,69)(H,56,70)(H,57,63)(H,58,64)(H,59,65)(H,60,66)(H,71,72)(H,73,74). The normalized spacial score (nSPS) is 10.7. The van der Waals surface area contributed by atoms with E-state index < -0.39 is 24.1 Å². The Morgan fingerprint density at radius 2 is 0.541 bits per heavy atom. The third-order valence-electron chi connectivity index (χ3n) is 11.9. The lowest BCUT2D eigenvalue weighted by atomic mass is 10.2. The van der Waals surface area contributed by atoms with Crippen LogP contribution in [0.4, 0.5) is 9.59 Å². The molecule has 0 heterocycles. The molecule has 0 spiro atoms. The molecule has 0 aromatic heterocycles. The van der Waals surface area contributed by atoms with Crippen LogP contribution in [0.2, 0.25) is 0 Å². The molecule has 488 valence electrons. The fourth-order valence-corrected chi connectivity index (χ4v) is 7.32. The summed E-state index contributed by atoms with van der Waals surface area (Å²) in [6, 6.07) is 0. The number of hydrogen-bond acceptors (Lipinski definition) is 21. The molecule has 0 aliphatic rings. The summed E-state index contributed by atoms with van der Waals surface area (Å²) in [5, 5.41) is 62.3. The minimum atomic E-state index is -1.07. The molecule has 0 aliphatic heterocycles. The second kappa shape index (κ2) is 54.9. The van der Waals surface area contributed by atoms with E-state index in [0.29, 0.717) is 103 Å². The Morgan fingerprint density at radius 1 is 0.282 bits per heavy atom. The zero-order chi connectivity index (χ0) is 63.0. The average molecular weight is 1230 g/mol. The molecule has 0 radical (unpaired) electrons. The molecule has 0 saturated heterocycles. The van der Waals surface area contributed by atoms with Crippen molar-refractivity contribution in [2.45, 2.75) is 141 Å². The second-order valence-electron chi connectivity index (χ2n) is 18.9. The maximum Gasteiger partial charge on any atom is 0.409 e. The molecule has 0 atom stereocenters.